The first kappa shape index (κ1) is 18.0. The molecule has 138 valence electrons. The van der Waals surface area contributed by atoms with Gasteiger partial charge in [-0.1, -0.05) is 12.1 Å². The molecule has 2 atom stereocenters. The molecule has 1 amide bonds. The topological polar surface area (TPSA) is 76.2 Å². The molecule has 1 fully saturated rings. The number of likely N-dealkylation sites (tertiary alicyclic amines) is 1. The molecule has 1 saturated heterocycles. The molecule has 2 aliphatic heterocycles. The summed E-state index contributed by atoms with van der Waals surface area (Å²) in [4.78, 5) is 14.6. The van der Waals surface area contributed by atoms with Gasteiger partial charge in [-0.25, -0.2) is 12.7 Å². The van der Waals surface area contributed by atoms with E-state index >= 15 is 0 Å². The Kier molecular flexibility index (Phi) is 4.92. The van der Waals surface area contributed by atoms with Crippen LogP contribution in [0.15, 0.2) is 24.3 Å². The maximum absolute atomic E-state index is 12.8. The van der Waals surface area contributed by atoms with Crippen LogP contribution in [0.2, 0.25) is 0 Å². The smallest absolute Gasteiger partial charge is 0.267 e. The maximum atomic E-state index is 12.8. The fourth-order valence-corrected chi connectivity index (χ4v) is 4.04. The molecule has 0 aliphatic carbocycles. The van der Waals surface area contributed by atoms with Crippen molar-refractivity contribution >= 4 is 15.9 Å². The monoisotopic (exact) mass is 368 g/mol. The second kappa shape index (κ2) is 6.84. The number of amides is 1. The lowest BCUT2D eigenvalue weighted by Gasteiger charge is -2.39. The van der Waals surface area contributed by atoms with Crippen molar-refractivity contribution in [1.82, 2.24) is 9.21 Å². The second-order valence-electron chi connectivity index (χ2n) is 6.64. The molecular formula is C17H24N2O5S. The maximum Gasteiger partial charge on any atom is 0.267 e. The van der Waals surface area contributed by atoms with E-state index in [2.05, 4.69) is 0 Å². The summed E-state index contributed by atoms with van der Waals surface area (Å²) in [6.45, 7) is 2.85. The number of para-hydroxylation sites is 2. The molecule has 0 aromatic heterocycles. The van der Waals surface area contributed by atoms with E-state index in [1.54, 1.807) is 18.0 Å². The van der Waals surface area contributed by atoms with Crippen molar-refractivity contribution in [2.45, 2.75) is 38.0 Å². The lowest BCUT2D eigenvalue weighted by Crippen LogP contribution is -2.54. The van der Waals surface area contributed by atoms with Crippen LogP contribution in [0.1, 0.15) is 19.8 Å². The number of nitrogens with zero attached hydrogens (tertiary/aromatic N) is 2. The van der Waals surface area contributed by atoms with E-state index in [-0.39, 0.29) is 18.1 Å². The summed E-state index contributed by atoms with van der Waals surface area (Å²) in [5.74, 6) is 1.11. The number of ether oxygens (including phenoxy) is 2. The van der Waals surface area contributed by atoms with Crippen LogP contribution in [0.3, 0.4) is 0 Å². The van der Waals surface area contributed by atoms with Crippen molar-refractivity contribution in [2.24, 2.45) is 0 Å². The van der Waals surface area contributed by atoms with Gasteiger partial charge in [0.15, 0.2) is 11.5 Å². The Labute approximate surface area is 148 Å². The quantitative estimate of drug-likeness (QED) is 0.798. The molecule has 2 aliphatic rings. The summed E-state index contributed by atoms with van der Waals surface area (Å²) in [6, 6.07) is 7.24. The molecule has 2 unspecified atom stereocenters. The number of sulfonamides is 1. The summed E-state index contributed by atoms with van der Waals surface area (Å²) < 4.78 is 36.4. The third-order valence-electron chi connectivity index (χ3n) is 4.90. The van der Waals surface area contributed by atoms with Crippen molar-refractivity contribution in [2.75, 3.05) is 26.4 Å². The normalized spacial score (nSPS) is 24.4. The van der Waals surface area contributed by atoms with Crippen molar-refractivity contribution < 1.29 is 22.7 Å². The summed E-state index contributed by atoms with van der Waals surface area (Å²) in [6.07, 6.45) is 1.39. The van der Waals surface area contributed by atoms with Crippen LogP contribution in [0.25, 0.3) is 0 Å². The summed E-state index contributed by atoms with van der Waals surface area (Å²) in [7, 11) is -1.63. The van der Waals surface area contributed by atoms with Gasteiger partial charge in [-0.05, 0) is 31.9 Å². The standard InChI is InChI=1S/C17H24N2O5S/c1-12-16(24-15-7-5-4-6-14(15)23-12)17(20)19-10-8-13(9-11-19)18(2)25(3,21)22/h4-7,12-13,16H,8-11H2,1-3H3. The molecule has 8 heteroatoms. The largest absolute Gasteiger partial charge is 0.482 e. The van der Waals surface area contributed by atoms with Gasteiger partial charge < -0.3 is 14.4 Å². The number of hydrogen-bond acceptors (Lipinski definition) is 5. The average molecular weight is 368 g/mol. The lowest BCUT2D eigenvalue weighted by molar-refractivity contribution is -0.145. The number of fused-ring (bicyclic) bond motifs is 1. The highest BCUT2D eigenvalue weighted by atomic mass is 32.2. The number of piperidine rings is 1. The van der Waals surface area contributed by atoms with Gasteiger partial charge in [0.05, 0.1) is 6.26 Å². The minimum absolute atomic E-state index is 0.0688. The first-order valence-corrected chi connectivity index (χ1v) is 10.3. The van der Waals surface area contributed by atoms with E-state index in [0.717, 1.165) is 0 Å². The van der Waals surface area contributed by atoms with Crippen LogP contribution in [0.4, 0.5) is 0 Å². The van der Waals surface area contributed by atoms with Gasteiger partial charge in [0.2, 0.25) is 16.1 Å². The minimum atomic E-state index is -3.22. The summed E-state index contributed by atoms with van der Waals surface area (Å²) >= 11 is 0. The predicted molar refractivity (Wildman–Crippen MR) is 93.2 cm³/mol. The molecule has 0 saturated carbocycles. The molecule has 0 bridgehead atoms. The van der Waals surface area contributed by atoms with E-state index in [9.17, 15) is 13.2 Å². The lowest BCUT2D eigenvalue weighted by atomic mass is 10.0. The molecule has 3 rings (SSSR count). The van der Waals surface area contributed by atoms with Crippen LogP contribution in [0, 0.1) is 0 Å². The molecule has 1 aromatic carbocycles. The zero-order chi connectivity index (χ0) is 18.2. The zero-order valence-corrected chi connectivity index (χ0v) is 15.5. The van der Waals surface area contributed by atoms with E-state index in [4.69, 9.17) is 9.47 Å². The van der Waals surface area contributed by atoms with Crippen molar-refractivity contribution in [3.63, 3.8) is 0 Å². The Balaban J connectivity index is 1.63. The third kappa shape index (κ3) is 3.74. The van der Waals surface area contributed by atoms with Gasteiger partial charge >= 0.3 is 0 Å². The Morgan fingerprint density at radius 3 is 2.28 bits per heavy atom. The minimum Gasteiger partial charge on any atom is -0.482 e. The molecular weight excluding hydrogens is 344 g/mol. The number of carbonyl (C=O) groups excluding carboxylic acids is 1. The van der Waals surface area contributed by atoms with Crippen molar-refractivity contribution in [3.8, 4) is 11.5 Å². The van der Waals surface area contributed by atoms with E-state index in [1.807, 2.05) is 25.1 Å². The Morgan fingerprint density at radius 1 is 1.16 bits per heavy atom. The number of benzene rings is 1. The zero-order valence-electron chi connectivity index (χ0n) is 14.7. The average Bonchev–Trinajstić information content (AvgIpc) is 2.59. The predicted octanol–water partition coefficient (Wildman–Crippen LogP) is 1.10. The fourth-order valence-electron chi connectivity index (χ4n) is 3.29. The third-order valence-corrected chi connectivity index (χ3v) is 6.24. The van der Waals surface area contributed by atoms with Crippen molar-refractivity contribution in [3.05, 3.63) is 24.3 Å². The molecule has 0 radical (unpaired) electrons. The van der Waals surface area contributed by atoms with Crippen LogP contribution < -0.4 is 9.47 Å². The van der Waals surface area contributed by atoms with Crippen LogP contribution in [-0.4, -0.2) is 68.2 Å². The highest BCUT2D eigenvalue weighted by molar-refractivity contribution is 7.88. The Hall–Kier alpha value is -1.80. The molecule has 1 aromatic rings. The van der Waals surface area contributed by atoms with Crippen LogP contribution in [0.5, 0.6) is 11.5 Å². The first-order valence-electron chi connectivity index (χ1n) is 8.41. The molecule has 0 spiro atoms. The van der Waals surface area contributed by atoms with Gasteiger partial charge in [0, 0.05) is 26.2 Å². The molecule has 0 N–H and O–H groups in total. The van der Waals surface area contributed by atoms with E-state index < -0.39 is 16.1 Å². The highest BCUT2D eigenvalue weighted by Crippen LogP contribution is 2.34. The Morgan fingerprint density at radius 2 is 1.72 bits per heavy atom. The van der Waals surface area contributed by atoms with Crippen LogP contribution in [-0.2, 0) is 14.8 Å². The first-order chi connectivity index (χ1) is 11.8. The molecule has 2 heterocycles. The number of carbonyl (C=O) groups is 1. The summed E-state index contributed by atoms with van der Waals surface area (Å²) in [5, 5.41) is 0. The highest BCUT2D eigenvalue weighted by Gasteiger charge is 2.38. The van der Waals surface area contributed by atoms with E-state index in [1.165, 1.54) is 10.6 Å². The molecule has 25 heavy (non-hydrogen) atoms. The SMILES string of the molecule is CC1Oc2ccccc2OC1C(=O)N1CCC(N(C)S(C)(=O)=O)CC1. The Bertz CT molecular complexity index is 743. The number of rotatable bonds is 3. The van der Waals surface area contributed by atoms with Gasteiger partial charge in [0.25, 0.3) is 5.91 Å². The van der Waals surface area contributed by atoms with Crippen LogP contribution >= 0.6 is 0 Å². The van der Waals surface area contributed by atoms with Gasteiger partial charge in [-0.3, -0.25) is 4.79 Å². The number of hydrogen-bond donors (Lipinski definition) is 0. The second-order valence-corrected chi connectivity index (χ2v) is 8.69. The van der Waals surface area contributed by atoms with Gasteiger partial charge in [-0.2, -0.15) is 0 Å². The van der Waals surface area contributed by atoms with Gasteiger partial charge in [0.1, 0.15) is 6.10 Å². The van der Waals surface area contributed by atoms with E-state index in [0.29, 0.717) is 37.4 Å². The van der Waals surface area contributed by atoms with Gasteiger partial charge in [-0.15, -0.1) is 0 Å². The fraction of sp³-hybridized carbons (Fsp3) is 0.588. The summed E-state index contributed by atoms with van der Waals surface area (Å²) in [5.41, 5.74) is 0. The molecule has 7 nitrogen and oxygen atoms in total. The van der Waals surface area contributed by atoms with Crippen molar-refractivity contribution in [1.29, 1.82) is 0 Å².